The molecule has 0 aromatic heterocycles. The molecule has 0 saturated carbocycles. The van der Waals surface area contributed by atoms with Crippen molar-refractivity contribution >= 4 is 17.9 Å². The van der Waals surface area contributed by atoms with Crippen LogP contribution in [0.15, 0.2) is 18.2 Å². The molecule has 8 heteroatoms. The Morgan fingerprint density at radius 3 is 2.14 bits per heavy atom. The van der Waals surface area contributed by atoms with E-state index in [2.05, 4.69) is 17.6 Å². The predicted molar refractivity (Wildman–Crippen MR) is 138 cm³/mol. The number of benzene rings is 1. The Bertz CT molecular complexity index is 829. The number of nitrogens with one attached hydrogen (secondary N) is 2. The third-order valence-corrected chi connectivity index (χ3v) is 5.66. The number of alkyl carbamates (subject to hydrolysis) is 1. The molecule has 0 bridgehead atoms. The van der Waals surface area contributed by atoms with Crippen LogP contribution in [0.25, 0.3) is 0 Å². The Balaban J connectivity index is 3.42. The minimum atomic E-state index is -1.25. The molecule has 198 valence electrons. The van der Waals surface area contributed by atoms with Crippen LogP contribution in [-0.2, 0) is 14.3 Å². The van der Waals surface area contributed by atoms with Gasteiger partial charge in [-0.05, 0) is 59.9 Å². The van der Waals surface area contributed by atoms with Crippen LogP contribution in [0.3, 0.4) is 0 Å². The van der Waals surface area contributed by atoms with Crippen molar-refractivity contribution in [2.75, 3.05) is 13.2 Å². The smallest absolute Gasteiger partial charge is 0.408 e. The first-order valence-electron chi connectivity index (χ1n) is 12.6. The van der Waals surface area contributed by atoms with Gasteiger partial charge in [0.05, 0.1) is 6.61 Å². The summed E-state index contributed by atoms with van der Waals surface area (Å²) < 4.78 is 5.28. The minimum Gasteiger partial charge on any atom is -0.444 e. The van der Waals surface area contributed by atoms with Crippen molar-refractivity contribution in [1.82, 2.24) is 15.5 Å². The molecule has 0 fully saturated rings. The lowest BCUT2D eigenvalue weighted by Gasteiger charge is -2.38. The number of aliphatic hydroxyl groups is 1. The normalized spacial score (nSPS) is 14.0. The molecular formula is C27H45N3O5. The molecule has 0 spiro atoms. The Kier molecular flexibility index (Phi) is 12.2. The first-order chi connectivity index (χ1) is 16.3. The number of unbranched alkanes of at least 4 members (excludes halogenated alkanes) is 2. The fourth-order valence-electron chi connectivity index (χ4n) is 3.90. The van der Waals surface area contributed by atoms with E-state index in [1.165, 1.54) is 4.90 Å². The fraction of sp³-hybridized carbons (Fsp3) is 0.667. The van der Waals surface area contributed by atoms with E-state index in [9.17, 15) is 19.5 Å². The first kappa shape index (κ1) is 30.4. The summed E-state index contributed by atoms with van der Waals surface area (Å²) in [5.74, 6) is -0.825. The maximum Gasteiger partial charge on any atom is 0.408 e. The lowest BCUT2D eigenvalue weighted by atomic mass is 9.96. The van der Waals surface area contributed by atoms with Crippen molar-refractivity contribution in [1.29, 1.82) is 0 Å². The summed E-state index contributed by atoms with van der Waals surface area (Å²) in [5.41, 5.74) is 1.89. The Morgan fingerprint density at radius 2 is 1.66 bits per heavy atom. The second-order valence-electron chi connectivity index (χ2n) is 10.2. The van der Waals surface area contributed by atoms with Crippen LogP contribution in [0.5, 0.6) is 0 Å². The number of ether oxygens (including phenoxy) is 1. The molecule has 0 heterocycles. The van der Waals surface area contributed by atoms with E-state index in [0.29, 0.717) is 18.5 Å². The lowest BCUT2D eigenvalue weighted by Crippen LogP contribution is -2.56. The number of amides is 3. The fourth-order valence-corrected chi connectivity index (χ4v) is 3.90. The van der Waals surface area contributed by atoms with Gasteiger partial charge in [-0.2, -0.15) is 0 Å². The van der Waals surface area contributed by atoms with Crippen LogP contribution in [-0.4, -0.2) is 58.8 Å². The summed E-state index contributed by atoms with van der Waals surface area (Å²) in [5, 5.41) is 15.5. The third kappa shape index (κ3) is 9.88. The van der Waals surface area contributed by atoms with E-state index in [1.807, 2.05) is 45.9 Å². The van der Waals surface area contributed by atoms with Crippen molar-refractivity contribution < 1.29 is 24.2 Å². The summed E-state index contributed by atoms with van der Waals surface area (Å²) in [4.78, 5) is 41.1. The molecule has 1 rings (SSSR count). The van der Waals surface area contributed by atoms with Gasteiger partial charge in [-0.3, -0.25) is 9.59 Å². The molecular weight excluding hydrogens is 446 g/mol. The van der Waals surface area contributed by atoms with Crippen LogP contribution in [0.2, 0.25) is 0 Å². The van der Waals surface area contributed by atoms with Gasteiger partial charge in [-0.15, -0.1) is 0 Å². The van der Waals surface area contributed by atoms with E-state index < -0.39 is 36.3 Å². The third-order valence-electron chi connectivity index (χ3n) is 5.66. The average molecular weight is 492 g/mol. The Labute approximate surface area is 210 Å². The van der Waals surface area contributed by atoms with Gasteiger partial charge in [0.2, 0.25) is 11.8 Å². The maximum atomic E-state index is 13.8. The number of rotatable bonds is 12. The highest BCUT2D eigenvalue weighted by Crippen LogP contribution is 2.28. The molecule has 0 aliphatic heterocycles. The van der Waals surface area contributed by atoms with Gasteiger partial charge in [-0.25, -0.2) is 4.79 Å². The van der Waals surface area contributed by atoms with E-state index >= 15 is 0 Å². The Morgan fingerprint density at radius 1 is 1.06 bits per heavy atom. The molecule has 0 aliphatic carbocycles. The van der Waals surface area contributed by atoms with Gasteiger partial charge >= 0.3 is 6.09 Å². The molecule has 3 atom stereocenters. The summed E-state index contributed by atoms with van der Waals surface area (Å²) >= 11 is 0. The van der Waals surface area contributed by atoms with E-state index in [1.54, 1.807) is 20.8 Å². The number of carbonyl (C=O) groups excluding carboxylic acids is 3. The van der Waals surface area contributed by atoms with Crippen molar-refractivity contribution in [3.8, 4) is 0 Å². The lowest BCUT2D eigenvalue weighted by molar-refractivity contribution is -0.145. The zero-order valence-electron chi connectivity index (χ0n) is 22.7. The van der Waals surface area contributed by atoms with Gasteiger partial charge in [0.25, 0.3) is 0 Å². The molecule has 35 heavy (non-hydrogen) atoms. The monoisotopic (exact) mass is 491 g/mol. The highest BCUT2D eigenvalue weighted by atomic mass is 16.6. The van der Waals surface area contributed by atoms with Crippen molar-refractivity contribution in [2.45, 2.75) is 105 Å². The highest BCUT2D eigenvalue weighted by Gasteiger charge is 2.38. The van der Waals surface area contributed by atoms with Crippen LogP contribution in [0, 0.1) is 13.8 Å². The summed E-state index contributed by atoms with van der Waals surface area (Å²) in [6.07, 6.45) is 2.65. The molecule has 0 aliphatic rings. The average Bonchev–Trinajstić information content (AvgIpc) is 2.75. The summed E-state index contributed by atoms with van der Waals surface area (Å²) in [6.45, 7) is 14.8. The zero-order valence-corrected chi connectivity index (χ0v) is 22.7. The number of nitrogens with zero attached hydrogens (tertiary/aromatic N) is 1. The SMILES string of the molecule is CCCCCNC(=O)C(c1cc(C)cc(C)c1)N(C(=O)C(CO)NC(=O)OC(C)(C)C)C(C)CC. The second-order valence-corrected chi connectivity index (χ2v) is 10.2. The largest absolute Gasteiger partial charge is 0.444 e. The molecule has 0 radical (unpaired) electrons. The molecule has 3 amide bonds. The second kappa shape index (κ2) is 14.1. The number of aliphatic hydroxyl groups excluding tert-OH is 1. The van der Waals surface area contributed by atoms with Gasteiger partial charge in [0.15, 0.2) is 0 Å². The van der Waals surface area contributed by atoms with Crippen molar-refractivity contribution in [3.63, 3.8) is 0 Å². The van der Waals surface area contributed by atoms with Crippen molar-refractivity contribution in [2.24, 2.45) is 0 Å². The number of aryl methyl sites for hydroxylation is 2. The van der Waals surface area contributed by atoms with E-state index in [-0.39, 0.29) is 11.9 Å². The van der Waals surface area contributed by atoms with Crippen LogP contribution in [0.4, 0.5) is 4.79 Å². The number of carbonyl (C=O) groups is 3. The predicted octanol–water partition coefficient (Wildman–Crippen LogP) is 4.16. The van der Waals surface area contributed by atoms with E-state index in [0.717, 1.165) is 30.4 Å². The van der Waals surface area contributed by atoms with E-state index in [4.69, 9.17) is 4.74 Å². The van der Waals surface area contributed by atoms with Gasteiger partial charge in [0.1, 0.15) is 17.7 Å². The molecule has 3 unspecified atom stereocenters. The van der Waals surface area contributed by atoms with Gasteiger partial charge in [0, 0.05) is 12.6 Å². The zero-order chi connectivity index (χ0) is 26.8. The standard InChI is InChI=1S/C27H45N3O5/c1-9-11-12-13-28-24(32)23(21-15-18(3)14-19(4)16-21)30(20(5)10-2)25(33)22(17-31)29-26(34)35-27(6,7)8/h14-16,20,22-23,31H,9-13,17H2,1-8H3,(H,28,32)(H,29,34). The molecule has 1 aromatic rings. The topological polar surface area (TPSA) is 108 Å². The maximum absolute atomic E-state index is 13.8. The molecule has 1 aromatic carbocycles. The highest BCUT2D eigenvalue weighted by molar-refractivity contribution is 5.92. The van der Waals surface area contributed by atoms with Gasteiger partial charge in [-0.1, -0.05) is 56.0 Å². The Hall–Kier alpha value is -2.61. The number of hydrogen-bond acceptors (Lipinski definition) is 5. The first-order valence-corrected chi connectivity index (χ1v) is 12.6. The van der Waals surface area contributed by atoms with Crippen LogP contribution in [0.1, 0.15) is 90.0 Å². The number of hydrogen-bond donors (Lipinski definition) is 3. The van der Waals surface area contributed by atoms with Gasteiger partial charge < -0.3 is 25.4 Å². The van der Waals surface area contributed by atoms with Crippen molar-refractivity contribution in [3.05, 3.63) is 34.9 Å². The molecule has 8 nitrogen and oxygen atoms in total. The summed E-state index contributed by atoms with van der Waals surface area (Å²) in [6, 6.07) is 3.33. The van der Waals surface area contributed by atoms with Crippen LogP contribution >= 0.6 is 0 Å². The van der Waals surface area contributed by atoms with Crippen LogP contribution < -0.4 is 10.6 Å². The summed E-state index contributed by atoms with van der Waals surface area (Å²) in [7, 11) is 0. The molecule has 3 N–H and O–H groups in total. The minimum absolute atomic E-state index is 0.284. The molecule has 0 saturated heterocycles. The quantitative estimate of drug-likeness (QED) is 0.381.